The molecule has 0 bridgehead atoms. The molecule has 0 spiro atoms. The second kappa shape index (κ2) is 24.6. The van der Waals surface area contributed by atoms with Crippen LogP contribution in [0.5, 0.6) is 0 Å². The molecular formula is C61H58N10O6. The van der Waals surface area contributed by atoms with Gasteiger partial charge in [-0.2, -0.15) is 10.5 Å². The Bertz CT molecular complexity index is 3450. The van der Waals surface area contributed by atoms with Crippen molar-refractivity contribution in [3.63, 3.8) is 0 Å². The summed E-state index contributed by atoms with van der Waals surface area (Å²) in [5, 5.41) is 29.7. The molecule has 0 aliphatic carbocycles. The van der Waals surface area contributed by atoms with Crippen LogP contribution in [0.4, 0.5) is 28.6 Å². The summed E-state index contributed by atoms with van der Waals surface area (Å²) < 4.78 is 0. The molecule has 2 fully saturated rings. The number of nitriles is 2. The van der Waals surface area contributed by atoms with Gasteiger partial charge in [0, 0.05) is 90.5 Å². The summed E-state index contributed by atoms with van der Waals surface area (Å²) in [6.07, 6.45) is 4.91. The second-order valence-electron chi connectivity index (χ2n) is 19.3. The number of aromatic amines is 1. The van der Waals surface area contributed by atoms with Gasteiger partial charge >= 0.3 is 0 Å². The number of rotatable bonds is 11. The van der Waals surface area contributed by atoms with E-state index in [9.17, 15) is 28.8 Å². The molecule has 4 heterocycles. The predicted molar refractivity (Wildman–Crippen MR) is 296 cm³/mol. The number of piperidine rings is 2. The Labute approximate surface area is 446 Å². The molecule has 5 amide bonds. The van der Waals surface area contributed by atoms with Gasteiger partial charge in [0.05, 0.1) is 28.8 Å². The van der Waals surface area contributed by atoms with Crippen LogP contribution < -0.4 is 26.8 Å². The third-order valence-electron chi connectivity index (χ3n) is 13.8. The van der Waals surface area contributed by atoms with Crippen LogP contribution in [-0.2, 0) is 4.79 Å². The van der Waals surface area contributed by atoms with E-state index in [-0.39, 0.29) is 34.8 Å². The first kappa shape index (κ1) is 53.6. The number of aromatic nitrogens is 2. The number of amides is 5. The topological polar surface area (TPSA) is 233 Å². The molecule has 16 heteroatoms. The minimum absolute atomic E-state index is 0.0593. The molecule has 0 radical (unpaired) electrons. The molecule has 16 nitrogen and oxygen atoms in total. The van der Waals surface area contributed by atoms with Crippen LogP contribution in [0.3, 0.4) is 0 Å². The number of likely N-dealkylation sites (tertiary alicyclic amines) is 2. The predicted octanol–water partition coefficient (Wildman–Crippen LogP) is 10.4. The highest BCUT2D eigenvalue weighted by atomic mass is 16.2. The maximum atomic E-state index is 13.3. The first-order valence-electron chi connectivity index (χ1n) is 25.4. The zero-order valence-electron chi connectivity index (χ0n) is 43.3. The first-order valence-corrected chi connectivity index (χ1v) is 25.4. The quantitative estimate of drug-likeness (QED) is 0.0822. The van der Waals surface area contributed by atoms with Gasteiger partial charge in [0.2, 0.25) is 11.5 Å². The number of carbonyl (C=O) groups excluding carboxylic acids is 5. The molecule has 2 saturated heterocycles. The molecule has 5 N–H and O–H groups in total. The summed E-state index contributed by atoms with van der Waals surface area (Å²) in [7, 11) is 0. The standard InChI is InChI=1S/C34H32N6O3.C27H26N4O3/c1-22-3-6-27(34(43)40-17-15-26(16-18-40)25-7-4-24(20-35)5-8-25)19-31(22)39-33(42)28-9-14-32(36-21-28)38-30-12-10-29(11-13-30)37-23(2)41;1-17-3-6-22(14-24(17)30-26(33)23-13-18(2)29-25(32)15-23)27(34)31-11-9-21(10-12-31)20-7-4-19(16-28)5-8-20/h3-14,19,21,26H,15-18H2,1-2H3,(H,36,38)(H,37,41)(H,39,42);3-8,13-15,21H,9-12H2,1-2H3,(H,29,32)(H,30,33). The number of nitrogens with zero attached hydrogens (tertiary/aromatic N) is 5. The van der Waals surface area contributed by atoms with Crippen LogP contribution in [0.25, 0.3) is 0 Å². The monoisotopic (exact) mass is 1030 g/mol. The van der Waals surface area contributed by atoms with Gasteiger partial charge in [-0.05, 0) is 172 Å². The lowest BCUT2D eigenvalue weighted by molar-refractivity contribution is -0.114. The zero-order valence-corrected chi connectivity index (χ0v) is 43.3. The van der Waals surface area contributed by atoms with Gasteiger partial charge in [0.1, 0.15) is 5.82 Å². The van der Waals surface area contributed by atoms with Crippen LogP contribution in [-0.4, -0.2) is 75.5 Å². The Kier molecular flexibility index (Phi) is 17.1. The van der Waals surface area contributed by atoms with E-state index in [0.29, 0.717) is 94.4 Å². The van der Waals surface area contributed by atoms with Gasteiger partial charge in [0.25, 0.3) is 23.6 Å². The van der Waals surface area contributed by atoms with Gasteiger partial charge in [-0.15, -0.1) is 0 Å². The van der Waals surface area contributed by atoms with Crippen molar-refractivity contribution in [1.29, 1.82) is 10.5 Å². The molecule has 2 aliphatic heterocycles. The number of aryl methyl sites for hydroxylation is 3. The Hall–Kier alpha value is -9.67. The number of H-pyrrole nitrogens is 1. The summed E-state index contributed by atoms with van der Waals surface area (Å²) >= 11 is 0. The Morgan fingerprint density at radius 1 is 0.545 bits per heavy atom. The third-order valence-corrected chi connectivity index (χ3v) is 13.8. The molecule has 5 aromatic carbocycles. The van der Waals surface area contributed by atoms with Gasteiger partial charge in [0.15, 0.2) is 0 Å². The fraction of sp³-hybridized carbons (Fsp3) is 0.230. The zero-order chi connectivity index (χ0) is 54.6. The molecule has 2 aliphatic rings. The molecule has 0 atom stereocenters. The summed E-state index contributed by atoms with van der Waals surface area (Å²) in [5.41, 5.74) is 9.91. The highest BCUT2D eigenvalue weighted by Crippen LogP contribution is 2.31. The smallest absolute Gasteiger partial charge is 0.257 e. The summed E-state index contributed by atoms with van der Waals surface area (Å²) in [6.45, 7) is 9.49. The molecule has 388 valence electrons. The van der Waals surface area contributed by atoms with Gasteiger partial charge < -0.3 is 36.1 Å². The third kappa shape index (κ3) is 13.9. The van der Waals surface area contributed by atoms with Gasteiger partial charge in [-0.25, -0.2) is 4.98 Å². The van der Waals surface area contributed by atoms with Crippen molar-refractivity contribution in [1.82, 2.24) is 19.8 Å². The molecule has 7 aromatic rings. The molecular weight excluding hydrogens is 969 g/mol. The van der Waals surface area contributed by atoms with E-state index >= 15 is 0 Å². The molecule has 0 unspecified atom stereocenters. The first-order chi connectivity index (χ1) is 37.1. The van der Waals surface area contributed by atoms with Crippen molar-refractivity contribution in [2.45, 2.75) is 65.2 Å². The number of carbonyl (C=O) groups is 5. The van der Waals surface area contributed by atoms with Crippen LogP contribution in [0.15, 0.2) is 144 Å². The van der Waals surface area contributed by atoms with Crippen molar-refractivity contribution in [3.8, 4) is 12.1 Å². The lowest BCUT2D eigenvalue weighted by Crippen LogP contribution is -2.38. The highest BCUT2D eigenvalue weighted by molar-refractivity contribution is 6.06. The van der Waals surface area contributed by atoms with Crippen molar-refractivity contribution < 1.29 is 24.0 Å². The Balaban J connectivity index is 0.000000209. The van der Waals surface area contributed by atoms with Crippen molar-refractivity contribution in [2.24, 2.45) is 0 Å². The van der Waals surface area contributed by atoms with E-state index in [0.717, 1.165) is 42.5 Å². The molecule has 2 aromatic heterocycles. The maximum Gasteiger partial charge on any atom is 0.257 e. The Morgan fingerprint density at radius 3 is 1.43 bits per heavy atom. The highest BCUT2D eigenvalue weighted by Gasteiger charge is 2.27. The average Bonchev–Trinajstić information content (AvgIpc) is 3.44. The fourth-order valence-corrected chi connectivity index (χ4v) is 9.43. The van der Waals surface area contributed by atoms with Gasteiger partial charge in [-0.3, -0.25) is 28.8 Å². The Morgan fingerprint density at radius 2 is 1.00 bits per heavy atom. The van der Waals surface area contributed by atoms with Crippen molar-refractivity contribution in [2.75, 3.05) is 47.4 Å². The van der Waals surface area contributed by atoms with E-state index in [1.54, 1.807) is 61.5 Å². The van der Waals surface area contributed by atoms with Crippen LogP contribution in [0.1, 0.15) is 125 Å². The SMILES string of the molecule is CC(=O)Nc1ccc(Nc2ccc(C(=O)Nc3cc(C(=O)N4CCC(c5ccc(C#N)cc5)CC4)ccc3C)cn2)cc1.Cc1cc(C(=O)Nc2cc(C(=O)N3CCC(c4ccc(C#N)cc4)CC3)ccc2C)cc(=O)[nH]1. The molecule has 77 heavy (non-hydrogen) atoms. The number of hydrogen-bond donors (Lipinski definition) is 5. The average molecular weight is 1030 g/mol. The second-order valence-corrected chi connectivity index (χ2v) is 19.3. The van der Waals surface area contributed by atoms with Crippen LogP contribution >= 0.6 is 0 Å². The van der Waals surface area contributed by atoms with E-state index in [2.05, 4.69) is 43.4 Å². The largest absolute Gasteiger partial charge is 0.340 e. The van der Waals surface area contributed by atoms with Crippen molar-refractivity contribution in [3.05, 3.63) is 211 Å². The van der Waals surface area contributed by atoms with Crippen LogP contribution in [0, 0.1) is 43.4 Å². The van der Waals surface area contributed by atoms with E-state index < -0.39 is 5.91 Å². The number of anilines is 5. The van der Waals surface area contributed by atoms with Gasteiger partial charge in [-0.1, -0.05) is 36.4 Å². The molecule has 0 saturated carbocycles. The summed E-state index contributed by atoms with van der Waals surface area (Å²) in [6, 6.07) is 43.8. The summed E-state index contributed by atoms with van der Waals surface area (Å²) in [4.78, 5) is 85.8. The fourth-order valence-electron chi connectivity index (χ4n) is 9.43. The summed E-state index contributed by atoms with van der Waals surface area (Å²) in [5.74, 6) is 0.298. The van der Waals surface area contributed by atoms with E-state index in [1.807, 2.05) is 96.4 Å². The maximum absolute atomic E-state index is 13.3. The molecule has 9 rings (SSSR count). The minimum atomic E-state index is -0.398. The van der Waals surface area contributed by atoms with Crippen molar-refractivity contribution >= 4 is 58.1 Å². The van der Waals surface area contributed by atoms with E-state index in [4.69, 9.17) is 10.5 Å². The number of pyridine rings is 2. The normalized spacial score (nSPS) is 13.4. The number of hydrogen-bond acceptors (Lipinski definition) is 10. The number of benzene rings is 5. The van der Waals surface area contributed by atoms with E-state index in [1.165, 1.54) is 30.3 Å². The minimum Gasteiger partial charge on any atom is -0.340 e. The van der Waals surface area contributed by atoms with Crippen LogP contribution in [0.2, 0.25) is 0 Å². The lowest BCUT2D eigenvalue weighted by Gasteiger charge is -2.32. The number of nitrogens with one attached hydrogen (secondary N) is 5. The lowest BCUT2D eigenvalue weighted by atomic mass is 9.89.